The highest BCUT2D eigenvalue weighted by molar-refractivity contribution is 6.11. The lowest BCUT2D eigenvalue weighted by Crippen LogP contribution is -1.99. The Morgan fingerprint density at radius 2 is 1.11 bits per heavy atom. The molecule has 44 heavy (non-hydrogen) atoms. The molecule has 206 valence electrons. The molecule has 8 rings (SSSR count). The Morgan fingerprint density at radius 1 is 0.568 bits per heavy atom. The first kappa shape index (κ1) is 25.3. The van der Waals surface area contributed by atoms with Crippen molar-refractivity contribution in [3.8, 4) is 35.3 Å². The van der Waals surface area contributed by atoms with Crippen LogP contribution in [0.4, 0.5) is 0 Å². The summed E-state index contributed by atoms with van der Waals surface area (Å²) in [6, 6.07) is 38.0. The zero-order valence-corrected chi connectivity index (χ0v) is 23.6. The van der Waals surface area contributed by atoms with E-state index in [1.54, 1.807) is 6.20 Å². The van der Waals surface area contributed by atoms with Crippen LogP contribution in [0, 0.1) is 29.6 Å². The molecule has 4 heterocycles. The van der Waals surface area contributed by atoms with E-state index in [1.165, 1.54) is 0 Å². The van der Waals surface area contributed by atoms with Gasteiger partial charge in [-0.2, -0.15) is 10.5 Å². The van der Waals surface area contributed by atoms with Gasteiger partial charge in [-0.15, -0.1) is 0 Å². The molecular weight excluding hydrogens is 544 g/mol. The molecule has 0 atom stereocenters. The molecule has 0 amide bonds. The SMILES string of the molecule is Cc1ccc(-n2c3ccccc3c3cc(C#N)c(Oc4cc5c(cc4C#N)c4ccccc4n5-c4ccccn4)cc32)nc1. The van der Waals surface area contributed by atoms with Crippen molar-refractivity contribution in [1.82, 2.24) is 19.1 Å². The topological polar surface area (TPSA) is 92.5 Å². The normalized spacial score (nSPS) is 11.2. The Morgan fingerprint density at radius 3 is 1.61 bits per heavy atom. The third-order valence-corrected chi connectivity index (χ3v) is 8.01. The van der Waals surface area contributed by atoms with E-state index in [2.05, 4.69) is 26.3 Å². The van der Waals surface area contributed by atoms with Crippen LogP contribution in [0.3, 0.4) is 0 Å². The molecule has 8 aromatic rings. The fourth-order valence-electron chi connectivity index (χ4n) is 6.03. The van der Waals surface area contributed by atoms with E-state index in [9.17, 15) is 10.5 Å². The lowest BCUT2D eigenvalue weighted by molar-refractivity contribution is 0.481. The van der Waals surface area contributed by atoms with Gasteiger partial charge in [0.15, 0.2) is 0 Å². The number of nitrogens with zero attached hydrogens (tertiary/aromatic N) is 6. The molecule has 0 aliphatic carbocycles. The Balaban J connectivity index is 1.37. The third-order valence-electron chi connectivity index (χ3n) is 8.01. The monoisotopic (exact) mass is 566 g/mol. The molecule has 0 N–H and O–H groups in total. The summed E-state index contributed by atoms with van der Waals surface area (Å²) in [5.41, 5.74) is 5.43. The molecule has 0 unspecified atom stereocenters. The molecule has 0 saturated heterocycles. The molecule has 4 aromatic heterocycles. The van der Waals surface area contributed by atoms with Gasteiger partial charge in [-0.25, -0.2) is 9.97 Å². The maximum Gasteiger partial charge on any atom is 0.147 e. The van der Waals surface area contributed by atoms with E-state index in [0.29, 0.717) is 22.6 Å². The molecule has 7 nitrogen and oxygen atoms in total. The van der Waals surface area contributed by atoms with Gasteiger partial charge in [0.1, 0.15) is 35.3 Å². The van der Waals surface area contributed by atoms with Crippen LogP contribution < -0.4 is 4.74 Å². The Bertz CT molecular complexity index is 2490. The highest BCUT2D eigenvalue weighted by atomic mass is 16.5. The number of aryl methyl sites for hydroxylation is 1. The van der Waals surface area contributed by atoms with Gasteiger partial charge in [-0.3, -0.25) is 9.13 Å². The van der Waals surface area contributed by atoms with Gasteiger partial charge in [-0.1, -0.05) is 48.5 Å². The highest BCUT2D eigenvalue weighted by Crippen LogP contribution is 2.40. The first-order valence-corrected chi connectivity index (χ1v) is 14.1. The number of hydrogen-bond acceptors (Lipinski definition) is 5. The number of ether oxygens (including phenoxy) is 1. The first-order chi connectivity index (χ1) is 21.6. The fourth-order valence-corrected chi connectivity index (χ4v) is 6.03. The molecule has 7 heteroatoms. The van der Waals surface area contributed by atoms with E-state index in [4.69, 9.17) is 9.72 Å². The molecule has 0 bridgehead atoms. The van der Waals surface area contributed by atoms with Crippen LogP contribution in [0.15, 0.2) is 116 Å². The van der Waals surface area contributed by atoms with Crippen LogP contribution in [0.1, 0.15) is 16.7 Å². The largest absolute Gasteiger partial charge is 0.454 e. The van der Waals surface area contributed by atoms with Crippen molar-refractivity contribution in [2.75, 3.05) is 0 Å². The van der Waals surface area contributed by atoms with Gasteiger partial charge in [-0.05, 0) is 55.0 Å². The van der Waals surface area contributed by atoms with Crippen LogP contribution in [0.25, 0.3) is 55.2 Å². The molecule has 0 saturated carbocycles. The van der Waals surface area contributed by atoms with Gasteiger partial charge in [0, 0.05) is 46.1 Å². The van der Waals surface area contributed by atoms with Crippen molar-refractivity contribution in [3.05, 3.63) is 132 Å². The van der Waals surface area contributed by atoms with Crippen molar-refractivity contribution in [3.63, 3.8) is 0 Å². The van der Waals surface area contributed by atoms with Crippen LogP contribution in [-0.2, 0) is 0 Å². The van der Waals surface area contributed by atoms with Crippen molar-refractivity contribution < 1.29 is 4.74 Å². The number of rotatable bonds is 4. The number of fused-ring (bicyclic) bond motifs is 6. The predicted octanol–water partition coefficient (Wildman–Crippen LogP) is 8.51. The smallest absolute Gasteiger partial charge is 0.147 e. The minimum atomic E-state index is 0.354. The Labute approximate surface area is 252 Å². The standard InChI is InChI=1S/C37H22N6O/c1-23-13-14-37(41-22-23)43-31-11-5-3-9-27(31)29-17-25(21-39)35(19-33(29)43)44-34-18-32-28(16-24(34)20-38)26-8-2-4-10-30(26)42(32)36-12-6-7-15-40-36/h2-19,22H,1H3. The summed E-state index contributed by atoms with van der Waals surface area (Å²) in [4.78, 5) is 9.31. The van der Waals surface area contributed by atoms with Crippen LogP contribution in [0.5, 0.6) is 11.5 Å². The quantitative estimate of drug-likeness (QED) is 0.213. The lowest BCUT2D eigenvalue weighted by atomic mass is 10.1. The number of hydrogen-bond donors (Lipinski definition) is 0. The average Bonchev–Trinajstić information content (AvgIpc) is 3.56. The van der Waals surface area contributed by atoms with E-state index in [-0.39, 0.29) is 0 Å². The molecule has 0 fully saturated rings. The molecule has 0 spiro atoms. The van der Waals surface area contributed by atoms with Crippen molar-refractivity contribution in [1.29, 1.82) is 10.5 Å². The van der Waals surface area contributed by atoms with Gasteiger partial charge in [0.2, 0.25) is 0 Å². The second-order valence-corrected chi connectivity index (χ2v) is 10.6. The molecule has 0 radical (unpaired) electrons. The summed E-state index contributed by atoms with van der Waals surface area (Å²) in [5, 5.41) is 24.3. The summed E-state index contributed by atoms with van der Waals surface area (Å²) in [5.74, 6) is 2.22. The Kier molecular flexibility index (Phi) is 5.65. The minimum absolute atomic E-state index is 0.354. The van der Waals surface area contributed by atoms with Crippen molar-refractivity contribution >= 4 is 43.6 Å². The van der Waals surface area contributed by atoms with E-state index >= 15 is 0 Å². The highest BCUT2D eigenvalue weighted by Gasteiger charge is 2.20. The number of nitriles is 2. The van der Waals surface area contributed by atoms with Gasteiger partial charge in [0.25, 0.3) is 0 Å². The predicted molar refractivity (Wildman–Crippen MR) is 171 cm³/mol. The van der Waals surface area contributed by atoms with E-state index < -0.39 is 0 Å². The number of pyridine rings is 2. The fraction of sp³-hybridized carbons (Fsp3) is 0.0270. The third kappa shape index (κ3) is 3.81. The minimum Gasteiger partial charge on any atom is -0.454 e. The summed E-state index contributed by atoms with van der Waals surface area (Å²) in [7, 11) is 0. The van der Waals surface area contributed by atoms with Crippen molar-refractivity contribution in [2.45, 2.75) is 6.92 Å². The van der Waals surface area contributed by atoms with Gasteiger partial charge in [0.05, 0.1) is 33.2 Å². The maximum atomic E-state index is 10.2. The number of aromatic nitrogens is 4. The summed E-state index contributed by atoms with van der Waals surface area (Å²) in [6.07, 6.45) is 3.60. The van der Waals surface area contributed by atoms with Gasteiger partial charge < -0.3 is 4.74 Å². The summed E-state index contributed by atoms with van der Waals surface area (Å²) < 4.78 is 10.7. The zero-order chi connectivity index (χ0) is 29.8. The van der Waals surface area contributed by atoms with Crippen LogP contribution in [0.2, 0.25) is 0 Å². The summed E-state index contributed by atoms with van der Waals surface area (Å²) in [6.45, 7) is 2.00. The van der Waals surface area contributed by atoms with E-state index in [0.717, 1.165) is 60.8 Å². The first-order valence-electron chi connectivity index (χ1n) is 14.1. The maximum absolute atomic E-state index is 10.2. The van der Waals surface area contributed by atoms with Gasteiger partial charge >= 0.3 is 0 Å². The van der Waals surface area contributed by atoms with Crippen LogP contribution >= 0.6 is 0 Å². The lowest BCUT2D eigenvalue weighted by Gasteiger charge is -2.13. The molecule has 0 aliphatic heterocycles. The summed E-state index contributed by atoms with van der Waals surface area (Å²) >= 11 is 0. The van der Waals surface area contributed by atoms with E-state index in [1.807, 2.05) is 116 Å². The van der Waals surface area contributed by atoms with Crippen molar-refractivity contribution in [2.24, 2.45) is 0 Å². The molecule has 0 aliphatic rings. The molecular formula is C37H22N6O. The average molecular weight is 567 g/mol. The zero-order valence-electron chi connectivity index (χ0n) is 23.6. The Hall–Kier alpha value is -6.44. The van der Waals surface area contributed by atoms with Crippen LogP contribution in [-0.4, -0.2) is 19.1 Å². The second-order valence-electron chi connectivity index (χ2n) is 10.6. The number of benzene rings is 4. The number of para-hydroxylation sites is 2. The molecule has 4 aromatic carbocycles. The second kappa shape index (κ2) is 9.84.